The second kappa shape index (κ2) is 9.91. The van der Waals surface area contributed by atoms with Crippen molar-refractivity contribution in [1.82, 2.24) is 9.78 Å². The molecular formula is C24H25N3O5. The minimum atomic E-state index is -0.600. The molecule has 32 heavy (non-hydrogen) atoms. The van der Waals surface area contributed by atoms with Gasteiger partial charge in [-0.25, -0.2) is 14.3 Å². The number of H-pyrrole nitrogens is 1. The van der Waals surface area contributed by atoms with Gasteiger partial charge >= 0.3 is 11.9 Å². The van der Waals surface area contributed by atoms with Gasteiger partial charge in [0, 0.05) is 5.69 Å². The second-order valence-corrected chi connectivity index (χ2v) is 7.10. The summed E-state index contributed by atoms with van der Waals surface area (Å²) >= 11 is 0. The number of esters is 2. The second-order valence-electron chi connectivity index (χ2n) is 7.10. The summed E-state index contributed by atoms with van der Waals surface area (Å²) in [6, 6.07) is 13.6. The van der Waals surface area contributed by atoms with Gasteiger partial charge in [-0.2, -0.15) is 0 Å². The van der Waals surface area contributed by atoms with Crippen LogP contribution in [0.2, 0.25) is 0 Å². The van der Waals surface area contributed by atoms with Crippen LogP contribution in [0.3, 0.4) is 0 Å². The molecule has 1 heterocycles. The number of hydrogen-bond acceptors (Lipinski definition) is 6. The minimum absolute atomic E-state index is 0.176. The van der Waals surface area contributed by atoms with E-state index in [1.165, 1.54) is 37.1 Å². The first-order valence-corrected chi connectivity index (χ1v) is 10.2. The van der Waals surface area contributed by atoms with E-state index >= 15 is 0 Å². The fourth-order valence-electron chi connectivity index (χ4n) is 3.43. The number of aromatic nitrogens is 2. The number of aryl methyl sites for hydroxylation is 1. The first-order valence-electron chi connectivity index (χ1n) is 10.2. The zero-order chi connectivity index (χ0) is 23.3. The zero-order valence-electron chi connectivity index (χ0n) is 18.5. The summed E-state index contributed by atoms with van der Waals surface area (Å²) in [5.74, 6) is -1.16. The number of rotatable bonds is 7. The van der Waals surface area contributed by atoms with E-state index in [1.807, 2.05) is 37.3 Å². The molecule has 0 aliphatic carbocycles. The van der Waals surface area contributed by atoms with Gasteiger partial charge in [-0.05, 0) is 43.7 Å². The summed E-state index contributed by atoms with van der Waals surface area (Å²) in [6.07, 6.45) is 1.46. The Balaban J connectivity index is 2.18. The number of benzene rings is 2. The summed E-state index contributed by atoms with van der Waals surface area (Å²) in [7, 11) is 2.54. The number of methoxy groups -OCH3 is 2. The highest BCUT2D eigenvalue weighted by Crippen LogP contribution is 2.24. The van der Waals surface area contributed by atoms with Crippen molar-refractivity contribution in [2.24, 2.45) is 4.99 Å². The van der Waals surface area contributed by atoms with Crippen molar-refractivity contribution >= 4 is 23.3 Å². The average molecular weight is 435 g/mol. The first-order chi connectivity index (χ1) is 15.4. The fourth-order valence-corrected chi connectivity index (χ4v) is 3.43. The lowest BCUT2D eigenvalue weighted by Gasteiger charge is -2.08. The molecule has 0 spiro atoms. The van der Waals surface area contributed by atoms with Crippen LogP contribution in [0.1, 0.15) is 52.2 Å². The summed E-state index contributed by atoms with van der Waals surface area (Å²) in [5.41, 5.74) is 2.66. The third-order valence-corrected chi connectivity index (χ3v) is 4.95. The van der Waals surface area contributed by atoms with E-state index in [1.54, 1.807) is 6.92 Å². The van der Waals surface area contributed by atoms with Crippen LogP contribution in [-0.4, -0.2) is 41.7 Å². The summed E-state index contributed by atoms with van der Waals surface area (Å²) in [5, 5.41) is 3.18. The lowest BCUT2D eigenvalue weighted by molar-refractivity contribution is 0.0587. The Morgan fingerprint density at radius 3 is 2.34 bits per heavy atom. The maximum atomic E-state index is 13.3. The standard InChI is InChI=1S/C24H25N3O5/c1-5-9-19-21(22(28)27(26-19)17-10-7-6-8-11-17)15(2)25-20-14-16(23(29)31-3)12-13-18(20)24(30)32-4/h6-8,10-14,26H,5,9H2,1-4H3. The number of nitrogens with zero attached hydrogens (tertiary/aromatic N) is 2. The Kier molecular flexibility index (Phi) is 7.04. The van der Waals surface area contributed by atoms with Crippen LogP contribution < -0.4 is 5.56 Å². The lowest BCUT2D eigenvalue weighted by atomic mass is 10.1. The van der Waals surface area contributed by atoms with Gasteiger partial charge in [0.2, 0.25) is 0 Å². The predicted molar refractivity (Wildman–Crippen MR) is 121 cm³/mol. The molecule has 1 N–H and O–H groups in total. The highest BCUT2D eigenvalue weighted by Gasteiger charge is 2.20. The molecule has 0 aliphatic rings. The normalized spacial score (nSPS) is 11.3. The third-order valence-electron chi connectivity index (χ3n) is 4.95. The number of nitrogens with one attached hydrogen (secondary N) is 1. The van der Waals surface area contributed by atoms with Crippen molar-refractivity contribution in [1.29, 1.82) is 0 Å². The molecule has 0 saturated heterocycles. The molecule has 0 bridgehead atoms. The molecular weight excluding hydrogens is 410 g/mol. The quantitative estimate of drug-likeness (QED) is 0.449. The van der Waals surface area contributed by atoms with E-state index < -0.39 is 11.9 Å². The van der Waals surface area contributed by atoms with Crippen molar-refractivity contribution < 1.29 is 19.1 Å². The van der Waals surface area contributed by atoms with E-state index in [0.29, 0.717) is 23.4 Å². The molecule has 0 saturated carbocycles. The van der Waals surface area contributed by atoms with Crippen LogP contribution in [0.4, 0.5) is 5.69 Å². The SMILES string of the molecule is CCCc1[nH]n(-c2ccccc2)c(=O)c1C(C)=Nc1cc(C(=O)OC)ccc1C(=O)OC. The maximum Gasteiger partial charge on any atom is 0.340 e. The molecule has 1 aromatic heterocycles. The summed E-state index contributed by atoms with van der Waals surface area (Å²) in [6.45, 7) is 3.72. The van der Waals surface area contributed by atoms with Crippen LogP contribution in [0, 0.1) is 0 Å². The Morgan fingerprint density at radius 1 is 1.03 bits per heavy atom. The van der Waals surface area contributed by atoms with E-state index in [0.717, 1.165) is 12.1 Å². The molecule has 0 atom stereocenters. The molecule has 8 nitrogen and oxygen atoms in total. The molecule has 0 amide bonds. The van der Waals surface area contributed by atoms with Gasteiger partial charge in [0.15, 0.2) is 0 Å². The Morgan fingerprint density at radius 2 is 1.72 bits per heavy atom. The number of carbonyl (C=O) groups is 2. The van der Waals surface area contributed by atoms with Crippen molar-refractivity contribution in [2.45, 2.75) is 26.7 Å². The average Bonchev–Trinajstić information content (AvgIpc) is 3.14. The minimum Gasteiger partial charge on any atom is -0.465 e. The van der Waals surface area contributed by atoms with Gasteiger partial charge in [0.1, 0.15) is 0 Å². The highest BCUT2D eigenvalue weighted by atomic mass is 16.5. The summed E-state index contributed by atoms with van der Waals surface area (Å²) in [4.78, 5) is 42.1. The zero-order valence-corrected chi connectivity index (χ0v) is 18.5. The maximum absolute atomic E-state index is 13.3. The van der Waals surface area contributed by atoms with Gasteiger partial charge in [0.05, 0.1) is 48.0 Å². The third kappa shape index (κ3) is 4.54. The molecule has 166 valence electrons. The number of aromatic amines is 1. The van der Waals surface area contributed by atoms with Crippen LogP contribution in [-0.2, 0) is 15.9 Å². The predicted octanol–water partition coefficient (Wildman–Crippen LogP) is 3.83. The molecule has 0 fully saturated rings. The summed E-state index contributed by atoms with van der Waals surface area (Å²) < 4.78 is 11.1. The number of ether oxygens (including phenoxy) is 2. The van der Waals surface area contributed by atoms with Crippen LogP contribution in [0.25, 0.3) is 5.69 Å². The van der Waals surface area contributed by atoms with Crippen LogP contribution in [0.15, 0.2) is 58.3 Å². The Labute approximate surface area is 185 Å². The van der Waals surface area contributed by atoms with Crippen LogP contribution >= 0.6 is 0 Å². The van der Waals surface area contributed by atoms with Crippen molar-refractivity contribution in [3.8, 4) is 5.69 Å². The van der Waals surface area contributed by atoms with E-state index in [2.05, 4.69) is 10.1 Å². The topological polar surface area (TPSA) is 103 Å². The first kappa shape index (κ1) is 22.7. The molecule has 2 aromatic carbocycles. The molecule has 0 radical (unpaired) electrons. The monoisotopic (exact) mass is 435 g/mol. The Bertz CT molecular complexity index is 1220. The smallest absolute Gasteiger partial charge is 0.340 e. The highest BCUT2D eigenvalue weighted by molar-refractivity contribution is 6.04. The molecule has 8 heteroatoms. The number of carbonyl (C=O) groups excluding carboxylic acids is 2. The van der Waals surface area contributed by atoms with E-state index in [9.17, 15) is 14.4 Å². The van der Waals surface area contributed by atoms with Crippen LogP contribution in [0.5, 0.6) is 0 Å². The fraction of sp³-hybridized carbons (Fsp3) is 0.250. The largest absolute Gasteiger partial charge is 0.465 e. The van der Waals surface area contributed by atoms with Gasteiger partial charge in [0.25, 0.3) is 5.56 Å². The van der Waals surface area contributed by atoms with E-state index in [4.69, 9.17) is 9.47 Å². The molecule has 0 aliphatic heterocycles. The molecule has 3 aromatic rings. The number of para-hydroxylation sites is 1. The van der Waals surface area contributed by atoms with Crippen molar-refractivity contribution in [3.63, 3.8) is 0 Å². The number of hydrogen-bond donors (Lipinski definition) is 1. The molecule has 3 rings (SSSR count). The molecule has 0 unspecified atom stereocenters. The van der Waals surface area contributed by atoms with Gasteiger partial charge in [-0.3, -0.25) is 14.9 Å². The Hall–Kier alpha value is -3.94. The van der Waals surface area contributed by atoms with Gasteiger partial charge in [-0.15, -0.1) is 0 Å². The van der Waals surface area contributed by atoms with Gasteiger partial charge < -0.3 is 9.47 Å². The lowest BCUT2D eigenvalue weighted by Crippen LogP contribution is -2.19. The van der Waals surface area contributed by atoms with Crippen molar-refractivity contribution in [2.75, 3.05) is 14.2 Å². The van der Waals surface area contributed by atoms with Crippen molar-refractivity contribution in [3.05, 3.63) is 81.3 Å². The van der Waals surface area contributed by atoms with Gasteiger partial charge in [-0.1, -0.05) is 31.5 Å². The van der Waals surface area contributed by atoms with E-state index in [-0.39, 0.29) is 22.4 Å². The number of aliphatic imine (C=N–C) groups is 1.